The normalized spacial score (nSPS) is 18.0. The largest absolute Gasteiger partial charge is 0.460 e. The van der Waals surface area contributed by atoms with Gasteiger partial charge in [-0.3, -0.25) is 9.59 Å². The summed E-state index contributed by atoms with van der Waals surface area (Å²) in [5.74, 6) is 0.0281. The number of esters is 1. The van der Waals surface area contributed by atoms with Crippen molar-refractivity contribution in [2.24, 2.45) is 11.8 Å². The number of hydrogen-bond acceptors (Lipinski definition) is 3. The molecule has 0 saturated carbocycles. The summed E-state index contributed by atoms with van der Waals surface area (Å²) in [7, 11) is 0. The number of rotatable bonds is 2. The highest BCUT2D eigenvalue weighted by atomic mass is 16.6. The summed E-state index contributed by atoms with van der Waals surface area (Å²) in [5, 5.41) is 0. The maximum absolute atomic E-state index is 11.9. The first-order valence-corrected chi connectivity index (χ1v) is 6.72. The summed E-state index contributed by atoms with van der Waals surface area (Å²) in [4.78, 5) is 25.6. The minimum Gasteiger partial charge on any atom is -0.460 e. The Kier molecular flexibility index (Phi) is 4.77. The summed E-state index contributed by atoms with van der Waals surface area (Å²) in [6.45, 7) is 10.8. The van der Waals surface area contributed by atoms with E-state index >= 15 is 0 Å². The molecule has 0 aliphatic carbocycles. The Labute approximate surface area is 110 Å². The molecule has 0 N–H and O–H groups in total. The molecular formula is C14H25NO3. The second-order valence-electron chi connectivity index (χ2n) is 6.29. The van der Waals surface area contributed by atoms with Crippen LogP contribution in [0.15, 0.2) is 0 Å². The van der Waals surface area contributed by atoms with E-state index in [9.17, 15) is 9.59 Å². The average Bonchev–Trinajstić information content (AvgIpc) is 2.26. The molecule has 4 nitrogen and oxygen atoms in total. The van der Waals surface area contributed by atoms with Crippen LogP contribution in [0.5, 0.6) is 0 Å². The van der Waals surface area contributed by atoms with Gasteiger partial charge in [0.25, 0.3) is 0 Å². The molecule has 1 fully saturated rings. The van der Waals surface area contributed by atoms with E-state index < -0.39 is 5.60 Å². The van der Waals surface area contributed by atoms with E-state index in [4.69, 9.17) is 4.74 Å². The lowest BCUT2D eigenvalue weighted by atomic mass is 9.96. The van der Waals surface area contributed by atoms with Crippen molar-refractivity contribution in [3.8, 4) is 0 Å². The van der Waals surface area contributed by atoms with E-state index in [1.807, 2.05) is 39.5 Å². The lowest BCUT2D eigenvalue weighted by molar-refractivity contribution is -0.162. The van der Waals surface area contributed by atoms with Crippen molar-refractivity contribution in [3.63, 3.8) is 0 Å². The van der Waals surface area contributed by atoms with E-state index in [-0.39, 0.29) is 23.7 Å². The topological polar surface area (TPSA) is 46.6 Å². The molecule has 1 aliphatic rings. The van der Waals surface area contributed by atoms with Gasteiger partial charge in [0, 0.05) is 19.0 Å². The highest BCUT2D eigenvalue weighted by Gasteiger charge is 2.30. The zero-order chi connectivity index (χ0) is 13.9. The van der Waals surface area contributed by atoms with Crippen molar-refractivity contribution in [1.29, 1.82) is 0 Å². The van der Waals surface area contributed by atoms with Crippen LogP contribution in [0.2, 0.25) is 0 Å². The van der Waals surface area contributed by atoms with E-state index in [1.54, 1.807) is 0 Å². The van der Waals surface area contributed by atoms with Gasteiger partial charge >= 0.3 is 5.97 Å². The molecule has 0 spiro atoms. The molecule has 0 atom stereocenters. The fraction of sp³-hybridized carbons (Fsp3) is 0.857. The van der Waals surface area contributed by atoms with E-state index in [2.05, 4.69) is 0 Å². The average molecular weight is 255 g/mol. The van der Waals surface area contributed by atoms with Crippen LogP contribution in [0.1, 0.15) is 47.5 Å². The summed E-state index contributed by atoms with van der Waals surface area (Å²) in [6, 6.07) is 0. The summed E-state index contributed by atoms with van der Waals surface area (Å²) in [5.41, 5.74) is -0.429. The van der Waals surface area contributed by atoms with E-state index in [1.165, 1.54) is 0 Å². The predicted octanol–water partition coefficient (Wildman–Crippen LogP) is 2.22. The SMILES string of the molecule is CC(C)C(=O)N1CCC(C(=O)OC(C)(C)C)CC1. The van der Waals surface area contributed by atoms with Crippen LogP contribution >= 0.6 is 0 Å². The van der Waals surface area contributed by atoms with E-state index in [0.29, 0.717) is 25.9 Å². The molecule has 18 heavy (non-hydrogen) atoms. The van der Waals surface area contributed by atoms with Gasteiger partial charge in [0.15, 0.2) is 0 Å². The summed E-state index contributed by atoms with van der Waals surface area (Å²) >= 11 is 0. The zero-order valence-corrected chi connectivity index (χ0v) is 12.2. The lowest BCUT2D eigenvalue weighted by Gasteiger charge is -2.33. The molecule has 4 heteroatoms. The van der Waals surface area contributed by atoms with Gasteiger partial charge in [-0.1, -0.05) is 13.8 Å². The molecule has 0 aromatic carbocycles. The second-order valence-corrected chi connectivity index (χ2v) is 6.29. The molecule has 1 saturated heterocycles. The van der Waals surface area contributed by atoms with Crippen LogP contribution in [-0.2, 0) is 14.3 Å². The lowest BCUT2D eigenvalue weighted by Crippen LogP contribution is -2.43. The Morgan fingerprint density at radius 3 is 2.06 bits per heavy atom. The van der Waals surface area contributed by atoms with E-state index in [0.717, 1.165) is 0 Å². The molecule has 0 bridgehead atoms. The fourth-order valence-corrected chi connectivity index (χ4v) is 2.09. The standard InChI is InChI=1S/C14H25NO3/c1-10(2)12(16)15-8-6-11(7-9-15)13(17)18-14(3,4)5/h10-11H,6-9H2,1-5H3. The minimum absolute atomic E-state index is 0.0306. The molecule has 104 valence electrons. The maximum atomic E-state index is 11.9. The third-order valence-electron chi connectivity index (χ3n) is 3.04. The van der Waals surface area contributed by atoms with Crippen LogP contribution in [0.25, 0.3) is 0 Å². The third-order valence-corrected chi connectivity index (χ3v) is 3.04. The number of nitrogens with zero attached hydrogens (tertiary/aromatic N) is 1. The first-order chi connectivity index (χ1) is 8.20. The molecule has 1 aliphatic heterocycles. The molecule has 0 aromatic rings. The fourth-order valence-electron chi connectivity index (χ4n) is 2.09. The zero-order valence-electron chi connectivity index (χ0n) is 12.2. The van der Waals surface area contributed by atoms with Gasteiger partial charge in [-0.05, 0) is 33.6 Å². The van der Waals surface area contributed by atoms with Gasteiger partial charge in [0.05, 0.1) is 5.92 Å². The van der Waals surface area contributed by atoms with Crippen LogP contribution in [-0.4, -0.2) is 35.5 Å². The van der Waals surface area contributed by atoms with Gasteiger partial charge in [0.1, 0.15) is 5.60 Å². The van der Waals surface area contributed by atoms with Gasteiger partial charge in [0.2, 0.25) is 5.91 Å². The Morgan fingerprint density at radius 1 is 1.17 bits per heavy atom. The first-order valence-electron chi connectivity index (χ1n) is 6.72. The first kappa shape index (κ1) is 15.0. The van der Waals surface area contributed by atoms with Crippen LogP contribution in [0.3, 0.4) is 0 Å². The Hall–Kier alpha value is -1.06. The number of ether oxygens (including phenoxy) is 1. The Bertz CT molecular complexity index is 309. The quantitative estimate of drug-likeness (QED) is 0.711. The van der Waals surface area contributed by atoms with Crippen molar-refractivity contribution >= 4 is 11.9 Å². The number of hydrogen-bond donors (Lipinski definition) is 0. The highest BCUT2D eigenvalue weighted by molar-refractivity contribution is 5.79. The van der Waals surface area contributed by atoms with Crippen LogP contribution in [0.4, 0.5) is 0 Å². The van der Waals surface area contributed by atoms with Crippen molar-refractivity contribution in [2.45, 2.75) is 53.1 Å². The minimum atomic E-state index is -0.429. The number of carbonyl (C=O) groups is 2. The molecule has 0 unspecified atom stereocenters. The monoisotopic (exact) mass is 255 g/mol. The van der Waals surface area contributed by atoms with Crippen molar-refractivity contribution in [2.75, 3.05) is 13.1 Å². The van der Waals surface area contributed by atoms with Gasteiger partial charge < -0.3 is 9.64 Å². The third kappa shape index (κ3) is 4.31. The van der Waals surface area contributed by atoms with Gasteiger partial charge in [-0.2, -0.15) is 0 Å². The van der Waals surface area contributed by atoms with Crippen molar-refractivity contribution < 1.29 is 14.3 Å². The number of carbonyl (C=O) groups excluding carboxylic acids is 2. The maximum Gasteiger partial charge on any atom is 0.309 e. The number of piperidine rings is 1. The summed E-state index contributed by atoms with van der Waals surface area (Å²) in [6.07, 6.45) is 1.43. The summed E-state index contributed by atoms with van der Waals surface area (Å²) < 4.78 is 5.38. The molecule has 0 radical (unpaired) electrons. The molecule has 1 rings (SSSR count). The van der Waals surface area contributed by atoms with Gasteiger partial charge in [-0.15, -0.1) is 0 Å². The van der Waals surface area contributed by atoms with Crippen molar-refractivity contribution in [1.82, 2.24) is 4.90 Å². The number of likely N-dealkylation sites (tertiary alicyclic amines) is 1. The molecule has 0 aromatic heterocycles. The smallest absolute Gasteiger partial charge is 0.309 e. The molecular weight excluding hydrogens is 230 g/mol. The van der Waals surface area contributed by atoms with Crippen molar-refractivity contribution in [3.05, 3.63) is 0 Å². The molecule has 1 amide bonds. The Balaban J connectivity index is 2.44. The van der Waals surface area contributed by atoms with Crippen LogP contribution in [0, 0.1) is 11.8 Å². The molecule has 1 heterocycles. The second kappa shape index (κ2) is 5.72. The Morgan fingerprint density at radius 2 is 1.67 bits per heavy atom. The number of amides is 1. The highest BCUT2D eigenvalue weighted by Crippen LogP contribution is 2.22. The van der Waals surface area contributed by atoms with Gasteiger partial charge in [-0.25, -0.2) is 0 Å². The predicted molar refractivity (Wildman–Crippen MR) is 70.0 cm³/mol. The van der Waals surface area contributed by atoms with Crippen LogP contribution < -0.4 is 0 Å².